The van der Waals surface area contributed by atoms with Crippen molar-refractivity contribution in [2.75, 3.05) is 13.2 Å². The normalized spacial score (nSPS) is 11.2. The number of carbonyl (C=O) groups excluding carboxylic acids is 1. The number of carboxylic acids is 1. The monoisotopic (exact) mass is 448 g/mol. The van der Waals surface area contributed by atoms with Crippen molar-refractivity contribution < 1.29 is 29.3 Å². The first kappa shape index (κ1) is 23.5. The fourth-order valence-electron chi connectivity index (χ4n) is 3.17. The predicted molar refractivity (Wildman–Crippen MR) is 122 cm³/mol. The summed E-state index contributed by atoms with van der Waals surface area (Å²) in [7, 11) is 0. The molecule has 0 atom stereocenters. The average molecular weight is 448 g/mol. The third-order valence-electron chi connectivity index (χ3n) is 4.71. The van der Waals surface area contributed by atoms with Crippen LogP contribution in [0.25, 0.3) is 0 Å². The van der Waals surface area contributed by atoms with E-state index in [1.54, 1.807) is 85.8 Å². The number of hydrazone groups is 1. The largest absolute Gasteiger partial charge is 0.490 e. The highest BCUT2D eigenvalue weighted by molar-refractivity contribution is 5.91. The van der Waals surface area contributed by atoms with E-state index in [0.717, 1.165) is 0 Å². The van der Waals surface area contributed by atoms with Crippen LogP contribution in [0.1, 0.15) is 23.6 Å². The van der Waals surface area contributed by atoms with Crippen LogP contribution in [0.3, 0.4) is 0 Å². The van der Waals surface area contributed by atoms with Crippen LogP contribution in [0.5, 0.6) is 11.5 Å². The van der Waals surface area contributed by atoms with Gasteiger partial charge in [-0.2, -0.15) is 5.10 Å². The minimum absolute atomic E-state index is 0.281. The Bertz CT molecular complexity index is 1080. The molecular weight excluding hydrogens is 424 g/mol. The first-order valence-electron chi connectivity index (χ1n) is 10.2. The Kier molecular flexibility index (Phi) is 7.77. The number of amides is 1. The first-order valence-corrected chi connectivity index (χ1v) is 10.2. The molecular formula is C25H24N2O6. The van der Waals surface area contributed by atoms with E-state index in [9.17, 15) is 14.7 Å². The van der Waals surface area contributed by atoms with E-state index in [-0.39, 0.29) is 5.75 Å². The molecule has 3 rings (SSSR count). The number of carboxylic acid groups (broad SMARTS) is 1. The number of hydrogen-bond donors (Lipinski definition) is 3. The van der Waals surface area contributed by atoms with E-state index in [0.29, 0.717) is 29.0 Å². The summed E-state index contributed by atoms with van der Waals surface area (Å²) >= 11 is 0. The molecule has 0 unspecified atom stereocenters. The fraction of sp³-hybridized carbons (Fsp3) is 0.160. The van der Waals surface area contributed by atoms with E-state index in [2.05, 4.69) is 10.5 Å². The topological polar surface area (TPSA) is 117 Å². The molecule has 33 heavy (non-hydrogen) atoms. The standard InChI is InChI=1S/C25H24N2O6/c1-2-32-22-15-18(13-14-21(22)33-17-23(28)29)16-26-27-24(30)25(31,19-9-5-3-6-10-19)20-11-7-4-8-12-20/h3-16,31H,2,17H2,1H3,(H,27,30)(H,28,29)/b26-16+. The first-order chi connectivity index (χ1) is 15.9. The van der Waals surface area contributed by atoms with Crippen molar-refractivity contribution in [3.8, 4) is 11.5 Å². The van der Waals surface area contributed by atoms with Gasteiger partial charge < -0.3 is 19.7 Å². The number of nitrogens with zero attached hydrogens (tertiary/aromatic N) is 1. The third kappa shape index (κ3) is 5.75. The van der Waals surface area contributed by atoms with Crippen LogP contribution in [0.15, 0.2) is 84.0 Å². The number of ether oxygens (including phenoxy) is 2. The maximum absolute atomic E-state index is 13.1. The molecule has 0 fully saturated rings. The number of aliphatic carboxylic acids is 1. The van der Waals surface area contributed by atoms with E-state index < -0.39 is 24.1 Å². The van der Waals surface area contributed by atoms with Crippen molar-refractivity contribution in [2.45, 2.75) is 12.5 Å². The van der Waals surface area contributed by atoms with E-state index in [4.69, 9.17) is 14.6 Å². The molecule has 0 bridgehead atoms. The van der Waals surface area contributed by atoms with E-state index in [1.807, 2.05) is 0 Å². The fourth-order valence-corrected chi connectivity index (χ4v) is 3.17. The van der Waals surface area contributed by atoms with Crippen LogP contribution < -0.4 is 14.9 Å². The maximum Gasteiger partial charge on any atom is 0.341 e. The van der Waals surface area contributed by atoms with Gasteiger partial charge in [0, 0.05) is 0 Å². The molecule has 0 aliphatic carbocycles. The number of carbonyl (C=O) groups is 2. The molecule has 0 saturated carbocycles. The molecule has 0 aliphatic heterocycles. The Labute approximate surface area is 191 Å². The van der Waals surface area contributed by atoms with Gasteiger partial charge in [0.15, 0.2) is 23.7 Å². The summed E-state index contributed by atoms with van der Waals surface area (Å²) < 4.78 is 10.7. The summed E-state index contributed by atoms with van der Waals surface area (Å²) in [5.41, 5.74) is 1.85. The molecule has 170 valence electrons. The van der Waals surface area contributed by atoms with Crippen LogP contribution in [-0.4, -0.2) is 41.5 Å². The van der Waals surface area contributed by atoms with Crippen molar-refractivity contribution in [3.05, 3.63) is 95.6 Å². The van der Waals surface area contributed by atoms with Gasteiger partial charge in [0.05, 0.1) is 12.8 Å². The smallest absolute Gasteiger partial charge is 0.341 e. The molecule has 1 amide bonds. The van der Waals surface area contributed by atoms with Gasteiger partial charge in [0.1, 0.15) is 0 Å². The van der Waals surface area contributed by atoms with Gasteiger partial charge in [-0.05, 0) is 41.8 Å². The average Bonchev–Trinajstić information content (AvgIpc) is 2.84. The van der Waals surface area contributed by atoms with Gasteiger partial charge in [0.2, 0.25) is 0 Å². The van der Waals surface area contributed by atoms with Gasteiger partial charge in [-0.1, -0.05) is 60.7 Å². The van der Waals surface area contributed by atoms with Gasteiger partial charge in [-0.25, -0.2) is 10.2 Å². The van der Waals surface area contributed by atoms with Crippen molar-refractivity contribution in [3.63, 3.8) is 0 Å². The zero-order valence-electron chi connectivity index (χ0n) is 18.0. The highest BCUT2D eigenvalue weighted by atomic mass is 16.5. The van der Waals surface area contributed by atoms with Crippen LogP contribution >= 0.6 is 0 Å². The lowest BCUT2D eigenvalue weighted by Crippen LogP contribution is -2.43. The SMILES string of the molecule is CCOc1cc(/C=N/NC(=O)C(O)(c2ccccc2)c2ccccc2)ccc1OCC(=O)O. The molecule has 8 heteroatoms. The second-order valence-electron chi connectivity index (χ2n) is 6.96. The van der Waals surface area contributed by atoms with Crippen LogP contribution in [0.2, 0.25) is 0 Å². The Morgan fingerprint density at radius 2 is 1.55 bits per heavy atom. The van der Waals surface area contributed by atoms with E-state index >= 15 is 0 Å². The summed E-state index contributed by atoms with van der Waals surface area (Å²) in [5.74, 6) is -1.19. The van der Waals surface area contributed by atoms with E-state index in [1.165, 1.54) is 6.21 Å². The molecule has 0 spiro atoms. The van der Waals surface area contributed by atoms with Gasteiger partial charge in [-0.15, -0.1) is 0 Å². The van der Waals surface area contributed by atoms with Crippen molar-refractivity contribution >= 4 is 18.1 Å². The van der Waals surface area contributed by atoms with Gasteiger partial charge in [0.25, 0.3) is 5.91 Å². The lowest BCUT2D eigenvalue weighted by molar-refractivity contribution is -0.139. The van der Waals surface area contributed by atoms with Crippen LogP contribution in [-0.2, 0) is 15.2 Å². The molecule has 0 aromatic heterocycles. The highest BCUT2D eigenvalue weighted by Gasteiger charge is 2.39. The number of aliphatic hydroxyl groups is 1. The summed E-state index contributed by atoms with van der Waals surface area (Å²) in [6.07, 6.45) is 1.39. The summed E-state index contributed by atoms with van der Waals surface area (Å²) in [6, 6.07) is 22.0. The number of hydrogen-bond acceptors (Lipinski definition) is 6. The van der Waals surface area contributed by atoms with Gasteiger partial charge in [-0.3, -0.25) is 4.79 Å². The Hall–Kier alpha value is -4.17. The summed E-state index contributed by atoms with van der Waals surface area (Å²) in [6.45, 7) is 1.64. The number of benzene rings is 3. The Morgan fingerprint density at radius 1 is 0.939 bits per heavy atom. The van der Waals surface area contributed by atoms with Crippen LogP contribution in [0.4, 0.5) is 0 Å². The zero-order valence-corrected chi connectivity index (χ0v) is 18.0. The Balaban J connectivity index is 1.81. The van der Waals surface area contributed by atoms with Crippen LogP contribution in [0, 0.1) is 0 Å². The van der Waals surface area contributed by atoms with Crippen molar-refractivity contribution in [1.29, 1.82) is 0 Å². The molecule has 0 heterocycles. The zero-order chi connectivity index (χ0) is 23.7. The predicted octanol–water partition coefficient (Wildman–Crippen LogP) is 2.93. The molecule has 3 N–H and O–H groups in total. The number of rotatable bonds is 10. The summed E-state index contributed by atoms with van der Waals surface area (Å²) in [4.78, 5) is 23.8. The summed E-state index contributed by atoms with van der Waals surface area (Å²) in [5, 5.41) is 24.2. The second-order valence-corrected chi connectivity index (χ2v) is 6.96. The molecule has 0 radical (unpaired) electrons. The Morgan fingerprint density at radius 3 is 2.09 bits per heavy atom. The lowest BCUT2D eigenvalue weighted by atomic mass is 9.85. The molecule has 3 aromatic rings. The highest BCUT2D eigenvalue weighted by Crippen LogP contribution is 2.30. The molecule has 0 aliphatic rings. The quantitative estimate of drug-likeness (QED) is 0.324. The molecule has 8 nitrogen and oxygen atoms in total. The minimum atomic E-state index is -1.94. The number of nitrogens with one attached hydrogen (secondary N) is 1. The van der Waals surface area contributed by atoms with Gasteiger partial charge >= 0.3 is 5.97 Å². The molecule has 0 saturated heterocycles. The minimum Gasteiger partial charge on any atom is -0.490 e. The van der Waals surface area contributed by atoms with Crippen molar-refractivity contribution in [1.82, 2.24) is 5.43 Å². The maximum atomic E-state index is 13.1. The van der Waals surface area contributed by atoms with Crippen molar-refractivity contribution in [2.24, 2.45) is 5.10 Å². The second kappa shape index (κ2) is 10.9. The molecule has 3 aromatic carbocycles. The third-order valence-corrected chi connectivity index (χ3v) is 4.71. The lowest BCUT2D eigenvalue weighted by Gasteiger charge is -2.27.